The lowest BCUT2D eigenvalue weighted by molar-refractivity contribution is -0.115. The van der Waals surface area contributed by atoms with Gasteiger partial charge >= 0.3 is 5.97 Å². The molecule has 1 amide bonds. The van der Waals surface area contributed by atoms with Gasteiger partial charge in [-0.1, -0.05) is 30.3 Å². The van der Waals surface area contributed by atoms with Gasteiger partial charge in [0, 0.05) is 18.0 Å². The van der Waals surface area contributed by atoms with Gasteiger partial charge in [-0.2, -0.15) is 0 Å². The van der Waals surface area contributed by atoms with Gasteiger partial charge in [0.1, 0.15) is 0 Å². The number of pyridine rings is 1. The molecule has 0 aliphatic heterocycles. The van der Waals surface area contributed by atoms with Crippen LogP contribution in [0.25, 0.3) is 11.1 Å². The van der Waals surface area contributed by atoms with Crippen LogP contribution >= 0.6 is 0 Å². The summed E-state index contributed by atoms with van der Waals surface area (Å²) in [5, 5.41) is 11.9. The molecule has 3 rings (SSSR count). The lowest BCUT2D eigenvalue weighted by Crippen LogP contribution is -2.15. The van der Waals surface area contributed by atoms with E-state index in [0.29, 0.717) is 11.3 Å². The normalized spacial score (nSPS) is 10.3. The predicted octanol–water partition coefficient (Wildman–Crippen LogP) is 2.92. The number of nitrogens with one attached hydrogen (secondary N) is 2. The standard InChI is InChI=1S/C20H16N2O4/c23-18-8-7-13(12-21-18)9-19(24)22-17-6-2-4-15(11-17)14-3-1-5-16(10-14)20(25)26/h1-8,10-12H,9H2,(H,21,23)(H,22,24)(H,25,26). The fraction of sp³-hybridized carbons (Fsp3) is 0.0500. The van der Waals surface area contributed by atoms with E-state index >= 15 is 0 Å². The summed E-state index contributed by atoms with van der Waals surface area (Å²) in [4.78, 5) is 36.9. The highest BCUT2D eigenvalue weighted by molar-refractivity contribution is 5.93. The Balaban J connectivity index is 1.76. The largest absolute Gasteiger partial charge is 0.478 e. The molecule has 3 N–H and O–H groups in total. The van der Waals surface area contributed by atoms with Crippen molar-refractivity contribution in [3.05, 3.63) is 88.3 Å². The Morgan fingerprint density at radius 3 is 2.38 bits per heavy atom. The first-order valence-electron chi connectivity index (χ1n) is 7.92. The monoisotopic (exact) mass is 348 g/mol. The number of amides is 1. The molecule has 0 spiro atoms. The van der Waals surface area contributed by atoms with Gasteiger partial charge in [0.15, 0.2) is 0 Å². The van der Waals surface area contributed by atoms with Gasteiger partial charge in [-0.25, -0.2) is 4.79 Å². The van der Waals surface area contributed by atoms with Crippen LogP contribution in [0, 0.1) is 0 Å². The lowest BCUT2D eigenvalue weighted by Gasteiger charge is -2.08. The summed E-state index contributed by atoms with van der Waals surface area (Å²) < 4.78 is 0. The van der Waals surface area contributed by atoms with Crippen molar-refractivity contribution in [2.24, 2.45) is 0 Å². The molecule has 6 nitrogen and oxygen atoms in total. The smallest absolute Gasteiger partial charge is 0.335 e. The van der Waals surface area contributed by atoms with Crippen molar-refractivity contribution in [2.75, 3.05) is 5.32 Å². The number of anilines is 1. The molecule has 0 aliphatic carbocycles. The van der Waals surface area contributed by atoms with E-state index in [1.54, 1.807) is 36.4 Å². The molecule has 2 aromatic carbocycles. The van der Waals surface area contributed by atoms with Crippen LogP contribution in [-0.4, -0.2) is 22.0 Å². The van der Waals surface area contributed by atoms with Crippen LogP contribution in [0.15, 0.2) is 71.7 Å². The fourth-order valence-electron chi connectivity index (χ4n) is 2.55. The van der Waals surface area contributed by atoms with Gasteiger partial charge in [-0.3, -0.25) is 9.59 Å². The van der Waals surface area contributed by atoms with Crippen molar-refractivity contribution in [1.29, 1.82) is 0 Å². The first kappa shape index (κ1) is 17.2. The van der Waals surface area contributed by atoms with Gasteiger partial charge < -0.3 is 15.4 Å². The lowest BCUT2D eigenvalue weighted by atomic mass is 10.0. The Bertz CT molecular complexity index is 1000. The number of carbonyl (C=O) groups is 2. The number of carbonyl (C=O) groups excluding carboxylic acids is 1. The molecule has 0 bridgehead atoms. The maximum absolute atomic E-state index is 12.2. The zero-order valence-corrected chi connectivity index (χ0v) is 13.7. The molecule has 1 heterocycles. The Hall–Kier alpha value is -3.67. The number of aromatic amines is 1. The second-order valence-corrected chi connectivity index (χ2v) is 5.75. The number of aromatic nitrogens is 1. The average molecular weight is 348 g/mol. The van der Waals surface area contributed by atoms with Crippen LogP contribution in [0.1, 0.15) is 15.9 Å². The van der Waals surface area contributed by atoms with Gasteiger partial charge in [0.25, 0.3) is 0 Å². The van der Waals surface area contributed by atoms with Crippen LogP contribution in [-0.2, 0) is 11.2 Å². The summed E-state index contributed by atoms with van der Waals surface area (Å²) >= 11 is 0. The summed E-state index contributed by atoms with van der Waals surface area (Å²) in [6, 6.07) is 16.8. The molecule has 0 aliphatic rings. The maximum Gasteiger partial charge on any atom is 0.335 e. The van der Waals surface area contributed by atoms with E-state index in [1.165, 1.54) is 18.3 Å². The summed E-state index contributed by atoms with van der Waals surface area (Å²) in [5.74, 6) is -1.20. The van der Waals surface area contributed by atoms with Gasteiger partial charge in [0.05, 0.1) is 12.0 Å². The Morgan fingerprint density at radius 1 is 0.962 bits per heavy atom. The highest BCUT2D eigenvalue weighted by atomic mass is 16.4. The number of H-pyrrole nitrogens is 1. The third kappa shape index (κ3) is 4.24. The van der Waals surface area contributed by atoms with Crippen LogP contribution in [0.4, 0.5) is 5.69 Å². The zero-order valence-electron chi connectivity index (χ0n) is 13.7. The van der Waals surface area contributed by atoms with Crippen LogP contribution in [0.3, 0.4) is 0 Å². The molecule has 26 heavy (non-hydrogen) atoms. The van der Waals surface area contributed by atoms with E-state index < -0.39 is 5.97 Å². The number of hydrogen-bond donors (Lipinski definition) is 3. The third-order valence-corrected chi connectivity index (χ3v) is 3.80. The van der Waals surface area contributed by atoms with E-state index in [1.807, 2.05) is 12.1 Å². The van der Waals surface area contributed by atoms with E-state index in [9.17, 15) is 14.4 Å². The fourth-order valence-corrected chi connectivity index (χ4v) is 2.55. The topological polar surface area (TPSA) is 99.3 Å². The molecule has 1 aromatic heterocycles. The Labute approximate surface area is 149 Å². The molecule has 0 unspecified atom stereocenters. The molecule has 0 saturated heterocycles. The van der Waals surface area contributed by atoms with Crippen LogP contribution in [0.5, 0.6) is 0 Å². The first-order valence-corrected chi connectivity index (χ1v) is 7.92. The molecular weight excluding hydrogens is 332 g/mol. The average Bonchev–Trinajstić information content (AvgIpc) is 2.64. The molecule has 0 fully saturated rings. The second kappa shape index (κ2) is 7.48. The minimum absolute atomic E-state index is 0.134. The number of carboxylic acids is 1. The van der Waals surface area contributed by atoms with Crippen molar-refractivity contribution >= 4 is 17.6 Å². The molecule has 0 atom stereocenters. The van der Waals surface area contributed by atoms with E-state index in [4.69, 9.17) is 5.11 Å². The third-order valence-electron chi connectivity index (χ3n) is 3.80. The van der Waals surface area contributed by atoms with E-state index in [2.05, 4.69) is 10.3 Å². The number of rotatable bonds is 5. The van der Waals surface area contributed by atoms with Gasteiger partial charge in [0.2, 0.25) is 11.5 Å². The molecule has 3 aromatic rings. The Morgan fingerprint density at radius 2 is 1.69 bits per heavy atom. The number of aromatic carboxylic acids is 1. The van der Waals surface area contributed by atoms with E-state index in [0.717, 1.165) is 11.1 Å². The van der Waals surface area contributed by atoms with Crippen molar-refractivity contribution in [1.82, 2.24) is 4.98 Å². The molecule has 0 saturated carbocycles. The van der Waals surface area contributed by atoms with Crippen LogP contribution < -0.4 is 10.9 Å². The zero-order chi connectivity index (χ0) is 18.5. The molecule has 6 heteroatoms. The molecular formula is C20H16N2O4. The van der Waals surface area contributed by atoms with Crippen molar-refractivity contribution in [3.63, 3.8) is 0 Å². The minimum atomic E-state index is -0.989. The molecule has 0 radical (unpaired) electrons. The minimum Gasteiger partial charge on any atom is -0.478 e. The Kier molecular flexibility index (Phi) is 4.94. The summed E-state index contributed by atoms with van der Waals surface area (Å²) in [6.45, 7) is 0. The summed E-state index contributed by atoms with van der Waals surface area (Å²) in [5.41, 5.74) is 2.85. The van der Waals surface area contributed by atoms with Crippen molar-refractivity contribution in [2.45, 2.75) is 6.42 Å². The maximum atomic E-state index is 12.2. The van der Waals surface area contributed by atoms with Gasteiger partial charge in [-0.05, 0) is 41.0 Å². The summed E-state index contributed by atoms with van der Waals surface area (Å²) in [6.07, 6.45) is 1.64. The number of carboxylic acid groups (broad SMARTS) is 1. The van der Waals surface area contributed by atoms with Crippen molar-refractivity contribution in [3.8, 4) is 11.1 Å². The second-order valence-electron chi connectivity index (χ2n) is 5.75. The number of benzene rings is 2. The van der Waals surface area contributed by atoms with Crippen molar-refractivity contribution < 1.29 is 14.7 Å². The number of hydrogen-bond acceptors (Lipinski definition) is 3. The highest BCUT2D eigenvalue weighted by Crippen LogP contribution is 2.23. The van der Waals surface area contributed by atoms with Gasteiger partial charge in [-0.15, -0.1) is 0 Å². The van der Waals surface area contributed by atoms with Crippen LogP contribution in [0.2, 0.25) is 0 Å². The SMILES string of the molecule is O=C(Cc1ccc(=O)[nH]c1)Nc1cccc(-c2cccc(C(=O)O)c2)c1. The quantitative estimate of drug-likeness (QED) is 0.660. The predicted molar refractivity (Wildman–Crippen MR) is 98.2 cm³/mol. The summed E-state index contributed by atoms with van der Waals surface area (Å²) in [7, 11) is 0. The molecule has 130 valence electrons. The highest BCUT2D eigenvalue weighted by Gasteiger charge is 2.08. The first-order chi connectivity index (χ1) is 12.5. The van der Waals surface area contributed by atoms with E-state index in [-0.39, 0.29) is 23.5 Å².